The molecule has 7 nitrogen and oxygen atoms in total. The summed E-state index contributed by atoms with van der Waals surface area (Å²) in [5.74, 6) is -1.92. The van der Waals surface area contributed by atoms with Gasteiger partial charge in [0, 0.05) is 12.1 Å². The van der Waals surface area contributed by atoms with Gasteiger partial charge in [0.05, 0.1) is 0 Å². The third-order valence-electron chi connectivity index (χ3n) is 5.86. The van der Waals surface area contributed by atoms with E-state index in [2.05, 4.69) is 10.6 Å². The van der Waals surface area contributed by atoms with Gasteiger partial charge in [0.15, 0.2) is 6.04 Å². The number of amides is 2. The van der Waals surface area contributed by atoms with Crippen molar-refractivity contribution in [3.05, 3.63) is 71.3 Å². The number of benzene rings is 2. The van der Waals surface area contributed by atoms with Crippen molar-refractivity contribution < 1.29 is 19.5 Å². The Morgan fingerprint density at radius 2 is 1.59 bits per heavy atom. The van der Waals surface area contributed by atoms with E-state index in [1.807, 2.05) is 31.1 Å². The normalized spacial score (nSPS) is 16.2. The summed E-state index contributed by atoms with van der Waals surface area (Å²) >= 11 is 0. The van der Waals surface area contributed by atoms with Gasteiger partial charge in [0.25, 0.3) is 5.91 Å². The summed E-state index contributed by atoms with van der Waals surface area (Å²) in [6.07, 6.45) is 3.51. The second-order valence-electron chi connectivity index (χ2n) is 8.69. The highest BCUT2D eigenvalue weighted by molar-refractivity contribution is 6.00. The summed E-state index contributed by atoms with van der Waals surface area (Å²) < 4.78 is 0. The SMILES string of the molecule is CN(C)Cc1ccc(C(=O)NC2(C(=O)N[C@H](C(=O)O)c3ccccc3)CCCCC2)cc1. The van der Waals surface area contributed by atoms with Gasteiger partial charge in [-0.2, -0.15) is 0 Å². The highest BCUT2D eigenvalue weighted by Gasteiger charge is 2.42. The number of carbonyl (C=O) groups is 3. The number of carboxylic acids is 1. The van der Waals surface area contributed by atoms with E-state index in [4.69, 9.17) is 0 Å². The van der Waals surface area contributed by atoms with Crippen LogP contribution in [-0.2, 0) is 16.1 Å². The van der Waals surface area contributed by atoms with Gasteiger partial charge in [-0.1, -0.05) is 61.7 Å². The number of nitrogens with zero attached hydrogens (tertiary/aromatic N) is 1. The predicted molar refractivity (Wildman–Crippen MR) is 122 cm³/mol. The summed E-state index contributed by atoms with van der Waals surface area (Å²) in [5, 5.41) is 15.3. The van der Waals surface area contributed by atoms with E-state index in [-0.39, 0.29) is 5.91 Å². The average molecular weight is 438 g/mol. The van der Waals surface area contributed by atoms with Gasteiger partial charge in [0.1, 0.15) is 5.54 Å². The molecule has 1 saturated carbocycles. The number of hydrogen-bond donors (Lipinski definition) is 3. The second-order valence-corrected chi connectivity index (χ2v) is 8.69. The monoisotopic (exact) mass is 437 g/mol. The lowest BCUT2D eigenvalue weighted by atomic mass is 9.80. The van der Waals surface area contributed by atoms with Crippen LogP contribution in [-0.4, -0.2) is 47.4 Å². The third kappa shape index (κ3) is 5.73. The molecule has 170 valence electrons. The predicted octanol–water partition coefficient (Wildman–Crippen LogP) is 3.12. The van der Waals surface area contributed by atoms with Crippen molar-refractivity contribution in [2.45, 2.75) is 50.2 Å². The van der Waals surface area contributed by atoms with Crippen molar-refractivity contribution in [2.75, 3.05) is 14.1 Å². The van der Waals surface area contributed by atoms with E-state index in [0.717, 1.165) is 31.4 Å². The van der Waals surface area contributed by atoms with Crippen molar-refractivity contribution in [1.29, 1.82) is 0 Å². The molecule has 1 atom stereocenters. The average Bonchev–Trinajstić information content (AvgIpc) is 2.78. The quantitative estimate of drug-likeness (QED) is 0.589. The molecule has 0 radical (unpaired) electrons. The minimum absolute atomic E-state index is 0.329. The number of aliphatic carboxylic acids is 1. The van der Waals surface area contributed by atoms with Gasteiger partial charge in [-0.15, -0.1) is 0 Å². The van der Waals surface area contributed by atoms with Crippen molar-refractivity contribution in [3.8, 4) is 0 Å². The van der Waals surface area contributed by atoms with Crippen LogP contribution in [0, 0.1) is 0 Å². The van der Waals surface area contributed by atoms with Crippen LogP contribution in [0.15, 0.2) is 54.6 Å². The molecule has 0 unspecified atom stereocenters. The fraction of sp³-hybridized carbons (Fsp3) is 0.400. The van der Waals surface area contributed by atoms with Gasteiger partial charge in [-0.25, -0.2) is 4.79 Å². The molecule has 0 heterocycles. The molecule has 3 rings (SSSR count). The Kier molecular flexibility index (Phi) is 7.64. The molecule has 0 saturated heterocycles. The lowest BCUT2D eigenvalue weighted by molar-refractivity contribution is -0.143. The maximum Gasteiger partial charge on any atom is 0.330 e. The van der Waals surface area contributed by atoms with E-state index in [1.165, 1.54) is 0 Å². The van der Waals surface area contributed by atoms with E-state index in [1.54, 1.807) is 42.5 Å². The van der Waals surface area contributed by atoms with Gasteiger partial charge in [0.2, 0.25) is 5.91 Å². The topological polar surface area (TPSA) is 98.7 Å². The Morgan fingerprint density at radius 3 is 2.16 bits per heavy atom. The Balaban J connectivity index is 1.79. The highest BCUT2D eigenvalue weighted by Crippen LogP contribution is 2.30. The zero-order valence-corrected chi connectivity index (χ0v) is 18.6. The van der Waals surface area contributed by atoms with Crippen molar-refractivity contribution in [1.82, 2.24) is 15.5 Å². The number of rotatable bonds is 8. The molecule has 0 aliphatic heterocycles. The lowest BCUT2D eigenvalue weighted by Crippen LogP contribution is -2.60. The van der Waals surface area contributed by atoms with Gasteiger partial charge >= 0.3 is 5.97 Å². The molecule has 2 aromatic carbocycles. The number of nitrogens with one attached hydrogen (secondary N) is 2. The smallest absolute Gasteiger partial charge is 0.330 e. The minimum Gasteiger partial charge on any atom is -0.479 e. The maximum absolute atomic E-state index is 13.4. The van der Waals surface area contributed by atoms with E-state index in [9.17, 15) is 19.5 Å². The first-order valence-corrected chi connectivity index (χ1v) is 11.0. The van der Waals surface area contributed by atoms with Crippen LogP contribution in [0.2, 0.25) is 0 Å². The van der Waals surface area contributed by atoms with Crippen LogP contribution in [0.25, 0.3) is 0 Å². The van der Waals surface area contributed by atoms with Crippen LogP contribution in [0.1, 0.15) is 59.6 Å². The van der Waals surface area contributed by atoms with Crippen LogP contribution < -0.4 is 10.6 Å². The zero-order chi connectivity index (χ0) is 23.1. The molecular weight excluding hydrogens is 406 g/mol. The van der Waals surface area contributed by atoms with Crippen molar-refractivity contribution in [3.63, 3.8) is 0 Å². The molecular formula is C25H31N3O4. The zero-order valence-electron chi connectivity index (χ0n) is 18.6. The lowest BCUT2D eigenvalue weighted by Gasteiger charge is -2.37. The van der Waals surface area contributed by atoms with Gasteiger partial charge in [-0.05, 0) is 50.2 Å². The molecule has 3 N–H and O–H groups in total. The van der Waals surface area contributed by atoms with E-state index >= 15 is 0 Å². The largest absolute Gasteiger partial charge is 0.479 e. The van der Waals surface area contributed by atoms with Crippen LogP contribution >= 0.6 is 0 Å². The first-order chi connectivity index (χ1) is 15.3. The molecule has 2 aromatic rings. The van der Waals surface area contributed by atoms with Crippen LogP contribution in [0.4, 0.5) is 0 Å². The fourth-order valence-electron chi connectivity index (χ4n) is 4.18. The Labute approximate surface area is 188 Å². The standard InChI is InChI=1S/C25H31N3O4/c1-28(2)17-18-11-13-20(14-12-18)22(29)27-25(15-7-4-8-16-25)24(32)26-21(23(30)31)19-9-5-3-6-10-19/h3,5-6,9-14,21H,4,7-8,15-17H2,1-2H3,(H,26,32)(H,27,29)(H,30,31)/t21-/m0/s1. The number of carbonyl (C=O) groups excluding carboxylic acids is 2. The Hall–Kier alpha value is -3.19. The second kappa shape index (κ2) is 10.4. The van der Waals surface area contributed by atoms with Crippen LogP contribution in [0.5, 0.6) is 0 Å². The highest BCUT2D eigenvalue weighted by atomic mass is 16.4. The Morgan fingerprint density at radius 1 is 0.969 bits per heavy atom. The summed E-state index contributed by atoms with van der Waals surface area (Å²) in [5.41, 5.74) is 0.925. The summed E-state index contributed by atoms with van der Waals surface area (Å²) in [6.45, 7) is 0.768. The summed E-state index contributed by atoms with van der Waals surface area (Å²) in [4.78, 5) is 40.3. The van der Waals surface area contributed by atoms with Crippen molar-refractivity contribution in [2.24, 2.45) is 0 Å². The van der Waals surface area contributed by atoms with E-state index < -0.39 is 23.5 Å². The first kappa shape index (κ1) is 23.5. The molecule has 0 bridgehead atoms. The fourth-order valence-corrected chi connectivity index (χ4v) is 4.18. The van der Waals surface area contributed by atoms with Gasteiger partial charge in [-0.3, -0.25) is 9.59 Å². The molecule has 1 aliphatic rings. The molecule has 1 aliphatic carbocycles. The molecule has 0 spiro atoms. The third-order valence-corrected chi connectivity index (χ3v) is 5.86. The maximum atomic E-state index is 13.4. The summed E-state index contributed by atoms with van der Waals surface area (Å²) in [6, 6.07) is 14.7. The molecule has 1 fully saturated rings. The van der Waals surface area contributed by atoms with Crippen LogP contribution in [0.3, 0.4) is 0 Å². The van der Waals surface area contributed by atoms with E-state index in [0.29, 0.717) is 24.0 Å². The molecule has 0 aromatic heterocycles. The molecule has 2 amide bonds. The minimum atomic E-state index is -1.18. The Bertz CT molecular complexity index is 935. The van der Waals surface area contributed by atoms with Crippen molar-refractivity contribution >= 4 is 17.8 Å². The molecule has 7 heteroatoms. The summed E-state index contributed by atoms with van der Waals surface area (Å²) in [7, 11) is 3.96. The number of carboxylic acid groups (broad SMARTS) is 1. The molecule has 32 heavy (non-hydrogen) atoms. The first-order valence-electron chi connectivity index (χ1n) is 11.0. The number of hydrogen-bond acceptors (Lipinski definition) is 4. The van der Waals surface area contributed by atoms with Gasteiger partial charge < -0.3 is 20.6 Å².